The fourth-order valence-corrected chi connectivity index (χ4v) is 1.87. The first-order chi connectivity index (χ1) is 9.58. The van der Waals surface area contributed by atoms with Crippen molar-refractivity contribution in [3.63, 3.8) is 0 Å². The van der Waals surface area contributed by atoms with Crippen LogP contribution in [0.3, 0.4) is 0 Å². The number of urea groups is 1. The second-order valence-corrected chi connectivity index (χ2v) is 7.03. The SMILES string of the molecule is CC(C)[C@H](O)CNC(=O)Nc1cc(CC(C)(C)C)nn1C. The van der Waals surface area contributed by atoms with Crippen molar-refractivity contribution in [2.75, 3.05) is 11.9 Å². The summed E-state index contributed by atoms with van der Waals surface area (Å²) < 4.78 is 1.65. The number of amides is 2. The van der Waals surface area contributed by atoms with E-state index in [2.05, 4.69) is 36.5 Å². The summed E-state index contributed by atoms with van der Waals surface area (Å²) in [5.41, 5.74) is 1.09. The fourth-order valence-electron chi connectivity index (χ4n) is 1.87. The molecule has 6 heteroatoms. The van der Waals surface area contributed by atoms with Gasteiger partial charge in [0.05, 0.1) is 11.8 Å². The molecule has 1 aromatic rings. The fraction of sp³-hybridized carbons (Fsp3) is 0.733. The number of hydrogen-bond acceptors (Lipinski definition) is 3. The molecule has 0 aliphatic rings. The Labute approximate surface area is 126 Å². The summed E-state index contributed by atoms with van der Waals surface area (Å²) in [5, 5.41) is 19.5. The predicted molar refractivity (Wildman–Crippen MR) is 84.2 cm³/mol. The number of nitrogens with one attached hydrogen (secondary N) is 2. The largest absolute Gasteiger partial charge is 0.391 e. The molecule has 0 spiro atoms. The lowest BCUT2D eigenvalue weighted by Crippen LogP contribution is -2.37. The Kier molecular flexibility index (Phi) is 5.78. The van der Waals surface area contributed by atoms with E-state index in [4.69, 9.17) is 0 Å². The number of anilines is 1. The maximum atomic E-state index is 11.8. The standard InChI is InChI=1S/C15H28N4O2/c1-10(2)12(20)9-16-14(21)17-13-7-11(18-19(13)6)8-15(3,4)5/h7,10,12,20H,8-9H2,1-6H3,(H2,16,17,21)/t12-/m1/s1. The maximum Gasteiger partial charge on any atom is 0.320 e. The third kappa shape index (κ3) is 6.16. The lowest BCUT2D eigenvalue weighted by Gasteiger charge is -2.15. The van der Waals surface area contributed by atoms with Crippen molar-refractivity contribution in [1.82, 2.24) is 15.1 Å². The molecule has 0 aliphatic heterocycles. The number of aliphatic hydroxyl groups excluding tert-OH is 1. The third-order valence-electron chi connectivity index (χ3n) is 3.12. The molecule has 0 unspecified atom stereocenters. The molecule has 2 amide bonds. The average molecular weight is 296 g/mol. The number of hydrogen-bond donors (Lipinski definition) is 3. The van der Waals surface area contributed by atoms with E-state index in [1.807, 2.05) is 19.9 Å². The molecule has 0 bridgehead atoms. The normalized spacial score (nSPS) is 13.3. The molecule has 120 valence electrons. The number of carbonyl (C=O) groups excluding carboxylic acids is 1. The van der Waals surface area contributed by atoms with Gasteiger partial charge in [0.25, 0.3) is 0 Å². The topological polar surface area (TPSA) is 79.2 Å². The van der Waals surface area contributed by atoms with Gasteiger partial charge >= 0.3 is 6.03 Å². The molecule has 3 N–H and O–H groups in total. The van der Waals surface area contributed by atoms with Gasteiger partial charge in [0.15, 0.2) is 0 Å². The van der Waals surface area contributed by atoms with Gasteiger partial charge < -0.3 is 10.4 Å². The summed E-state index contributed by atoms with van der Waals surface area (Å²) in [4.78, 5) is 11.8. The Balaban J connectivity index is 2.57. The van der Waals surface area contributed by atoms with E-state index in [1.165, 1.54) is 0 Å². The van der Waals surface area contributed by atoms with Crippen LogP contribution in [-0.4, -0.2) is 33.6 Å². The molecule has 0 saturated heterocycles. The molecule has 1 rings (SSSR count). The molecule has 1 heterocycles. The Morgan fingerprint density at radius 2 is 2.05 bits per heavy atom. The van der Waals surface area contributed by atoms with Crippen LogP contribution in [-0.2, 0) is 13.5 Å². The second-order valence-electron chi connectivity index (χ2n) is 7.03. The van der Waals surface area contributed by atoms with Crippen LogP contribution in [0.4, 0.5) is 10.6 Å². The summed E-state index contributed by atoms with van der Waals surface area (Å²) in [7, 11) is 1.80. The minimum Gasteiger partial charge on any atom is -0.391 e. The van der Waals surface area contributed by atoms with Gasteiger partial charge in [-0.05, 0) is 17.8 Å². The van der Waals surface area contributed by atoms with Gasteiger partial charge in [-0.15, -0.1) is 0 Å². The van der Waals surface area contributed by atoms with Gasteiger partial charge in [0, 0.05) is 19.7 Å². The van der Waals surface area contributed by atoms with Crippen LogP contribution < -0.4 is 10.6 Å². The van der Waals surface area contributed by atoms with Crippen molar-refractivity contribution in [2.24, 2.45) is 18.4 Å². The zero-order valence-electron chi connectivity index (χ0n) is 13.9. The van der Waals surface area contributed by atoms with Crippen molar-refractivity contribution < 1.29 is 9.90 Å². The lowest BCUT2D eigenvalue weighted by molar-refractivity contribution is 0.126. The Morgan fingerprint density at radius 1 is 1.43 bits per heavy atom. The molecule has 6 nitrogen and oxygen atoms in total. The van der Waals surface area contributed by atoms with E-state index in [0.717, 1.165) is 12.1 Å². The van der Waals surface area contributed by atoms with Gasteiger partial charge in [-0.25, -0.2) is 4.79 Å². The summed E-state index contributed by atoms with van der Waals surface area (Å²) in [5.74, 6) is 0.756. The molecule has 0 radical (unpaired) electrons. The van der Waals surface area contributed by atoms with E-state index < -0.39 is 6.10 Å². The smallest absolute Gasteiger partial charge is 0.320 e. The molecule has 21 heavy (non-hydrogen) atoms. The van der Waals surface area contributed by atoms with E-state index in [1.54, 1.807) is 11.7 Å². The van der Waals surface area contributed by atoms with Crippen molar-refractivity contribution in [3.05, 3.63) is 11.8 Å². The molecule has 1 atom stereocenters. The van der Waals surface area contributed by atoms with Crippen LogP contribution in [0.25, 0.3) is 0 Å². The lowest BCUT2D eigenvalue weighted by atomic mass is 9.91. The van der Waals surface area contributed by atoms with Crippen LogP contribution in [0.5, 0.6) is 0 Å². The maximum absolute atomic E-state index is 11.8. The van der Waals surface area contributed by atoms with Crippen LogP contribution >= 0.6 is 0 Å². The quantitative estimate of drug-likeness (QED) is 0.779. The molecule has 0 aliphatic carbocycles. The average Bonchev–Trinajstić information content (AvgIpc) is 2.63. The van der Waals surface area contributed by atoms with Crippen molar-refractivity contribution in [2.45, 2.75) is 47.1 Å². The highest BCUT2D eigenvalue weighted by Gasteiger charge is 2.16. The number of carbonyl (C=O) groups is 1. The molecular weight excluding hydrogens is 268 g/mol. The molecular formula is C15H28N4O2. The predicted octanol–water partition coefficient (Wildman–Crippen LogP) is 2.15. The van der Waals surface area contributed by atoms with E-state index >= 15 is 0 Å². The highest BCUT2D eigenvalue weighted by atomic mass is 16.3. The van der Waals surface area contributed by atoms with Crippen LogP contribution in [0.1, 0.15) is 40.3 Å². The zero-order valence-corrected chi connectivity index (χ0v) is 13.9. The Morgan fingerprint density at radius 3 is 2.57 bits per heavy atom. The minimum atomic E-state index is -0.543. The molecule has 1 aromatic heterocycles. The monoisotopic (exact) mass is 296 g/mol. The van der Waals surface area contributed by atoms with E-state index in [9.17, 15) is 9.90 Å². The number of aliphatic hydroxyl groups is 1. The first-order valence-corrected chi connectivity index (χ1v) is 7.34. The van der Waals surface area contributed by atoms with Crippen LogP contribution in [0.2, 0.25) is 0 Å². The number of rotatable bonds is 5. The number of aryl methyl sites for hydroxylation is 1. The zero-order chi connectivity index (χ0) is 16.2. The van der Waals surface area contributed by atoms with E-state index in [-0.39, 0.29) is 23.9 Å². The van der Waals surface area contributed by atoms with Gasteiger partial charge in [0.1, 0.15) is 5.82 Å². The summed E-state index contributed by atoms with van der Waals surface area (Å²) in [6.07, 6.45) is 0.301. The van der Waals surface area contributed by atoms with Crippen molar-refractivity contribution >= 4 is 11.8 Å². The van der Waals surface area contributed by atoms with Crippen LogP contribution in [0, 0.1) is 11.3 Å². The molecule has 0 saturated carbocycles. The summed E-state index contributed by atoms with van der Waals surface area (Å²) in [6, 6.07) is 1.55. The summed E-state index contributed by atoms with van der Waals surface area (Å²) in [6.45, 7) is 10.5. The third-order valence-corrected chi connectivity index (χ3v) is 3.12. The Hall–Kier alpha value is -1.56. The van der Waals surface area contributed by atoms with Crippen molar-refractivity contribution in [1.29, 1.82) is 0 Å². The molecule has 0 fully saturated rings. The Bertz CT molecular complexity index is 475. The highest BCUT2D eigenvalue weighted by Crippen LogP contribution is 2.21. The van der Waals surface area contributed by atoms with Gasteiger partial charge in [-0.2, -0.15) is 5.10 Å². The molecule has 0 aromatic carbocycles. The first kappa shape index (κ1) is 17.5. The van der Waals surface area contributed by atoms with Gasteiger partial charge in [0.2, 0.25) is 0 Å². The number of nitrogens with zero attached hydrogens (tertiary/aromatic N) is 2. The first-order valence-electron chi connectivity index (χ1n) is 7.34. The second kappa shape index (κ2) is 6.93. The highest BCUT2D eigenvalue weighted by molar-refractivity contribution is 5.88. The number of aromatic nitrogens is 2. The van der Waals surface area contributed by atoms with Gasteiger partial charge in [-0.3, -0.25) is 10.00 Å². The van der Waals surface area contributed by atoms with Gasteiger partial charge in [-0.1, -0.05) is 34.6 Å². The van der Waals surface area contributed by atoms with Crippen molar-refractivity contribution in [3.8, 4) is 0 Å². The summed E-state index contributed by atoms with van der Waals surface area (Å²) >= 11 is 0. The van der Waals surface area contributed by atoms with Crippen LogP contribution in [0.15, 0.2) is 6.07 Å². The van der Waals surface area contributed by atoms with E-state index in [0.29, 0.717) is 5.82 Å². The minimum absolute atomic E-state index is 0.111.